The Balaban J connectivity index is 1.51. The first-order valence-corrected chi connectivity index (χ1v) is 11.8. The monoisotopic (exact) mass is 450 g/mol. The maximum Gasteiger partial charge on any atom is 0.282 e. The number of para-hydroxylation sites is 2. The van der Waals surface area contributed by atoms with E-state index in [2.05, 4.69) is 29.6 Å². The van der Waals surface area contributed by atoms with Gasteiger partial charge in [-0.1, -0.05) is 43.2 Å². The Labute approximate surface area is 197 Å². The average molecular weight is 451 g/mol. The first-order valence-electron chi connectivity index (χ1n) is 11.8. The Bertz CT molecular complexity index is 1580. The maximum absolute atomic E-state index is 13.5. The summed E-state index contributed by atoms with van der Waals surface area (Å²) in [6.45, 7) is 4.28. The molecule has 3 aromatic heterocycles. The number of hydrogen-bond acceptors (Lipinski definition) is 4. The second-order valence-electron chi connectivity index (χ2n) is 9.10. The minimum atomic E-state index is -0.220. The van der Waals surface area contributed by atoms with E-state index in [0.29, 0.717) is 28.5 Å². The molecule has 0 amide bonds. The predicted octanol–water partition coefficient (Wildman–Crippen LogP) is 6.23. The molecule has 0 N–H and O–H groups in total. The molecule has 1 aliphatic carbocycles. The van der Waals surface area contributed by atoms with Crippen molar-refractivity contribution in [2.24, 2.45) is 5.10 Å². The van der Waals surface area contributed by atoms with Crippen molar-refractivity contribution < 1.29 is 4.42 Å². The standard InChI is InChI=1S/C28H26N4O2/c1-18-15-21(19(2)31(18)22-10-4-5-11-22)17-29-32-27(26-16-20-9-3-8-14-25(20)34-26)30-24-13-7-6-12-23(24)28(32)33/h3,6-9,12-17,22H,4-5,10-11H2,1-2H3. The molecule has 5 aromatic rings. The molecule has 0 saturated heterocycles. The number of benzene rings is 2. The quantitative estimate of drug-likeness (QED) is 0.305. The zero-order valence-electron chi connectivity index (χ0n) is 19.4. The lowest BCUT2D eigenvalue weighted by Gasteiger charge is -2.17. The molecule has 0 unspecified atom stereocenters. The van der Waals surface area contributed by atoms with Gasteiger partial charge in [-0.15, -0.1) is 0 Å². The highest BCUT2D eigenvalue weighted by Crippen LogP contribution is 2.33. The highest BCUT2D eigenvalue weighted by Gasteiger charge is 2.21. The van der Waals surface area contributed by atoms with E-state index in [1.54, 1.807) is 12.3 Å². The van der Waals surface area contributed by atoms with Gasteiger partial charge in [-0.2, -0.15) is 9.78 Å². The van der Waals surface area contributed by atoms with Crippen molar-refractivity contribution in [3.63, 3.8) is 0 Å². The van der Waals surface area contributed by atoms with Crippen LogP contribution >= 0.6 is 0 Å². The first kappa shape index (κ1) is 20.7. The van der Waals surface area contributed by atoms with Crippen LogP contribution in [0, 0.1) is 13.8 Å². The molecule has 1 saturated carbocycles. The summed E-state index contributed by atoms with van der Waals surface area (Å²) in [5.41, 5.74) is 4.57. The summed E-state index contributed by atoms with van der Waals surface area (Å²) >= 11 is 0. The molecule has 0 radical (unpaired) electrons. The number of aromatic nitrogens is 3. The molecule has 2 aromatic carbocycles. The number of hydrogen-bond donors (Lipinski definition) is 0. The number of fused-ring (bicyclic) bond motifs is 2. The van der Waals surface area contributed by atoms with Crippen molar-refractivity contribution in [2.75, 3.05) is 0 Å². The maximum atomic E-state index is 13.5. The van der Waals surface area contributed by atoms with Crippen molar-refractivity contribution in [3.05, 3.63) is 88.0 Å². The molecule has 1 aliphatic rings. The van der Waals surface area contributed by atoms with E-state index < -0.39 is 0 Å². The van der Waals surface area contributed by atoms with E-state index in [-0.39, 0.29) is 5.56 Å². The van der Waals surface area contributed by atoms with Crippen molar-refractivity contribution in [3.8, 4) is 11.6 Å². The smallest absolute Gasteiger partial charge is 0.282 e. The highest BCUT2D eigenvalue weighted by molar-refractivity contribution is 5.85. The minimum absolute atomic E-state index is 0.220. The molecular weight excluding hydrogens is 424 g/mol. The van der Waals surface area contributed by atoms with Crippen LogP contribution in [-0.2, 0) is 0 Å². The second kappa shape index (κ2) is 8.13. The third-order valence-corrected chi connectivity index (χ3v) is 6.93. The lowest BCUT2D eigenvalue weighted by atomic mass is 10.2. The van der Waals surface area contributed by atoms with Crippen LogP contribution in [0.4, 0.5) is 0 Å². The van der Waals surface area contributed by atoms with E-state index >= 15 is 0 Å². The van der Waals surface area contributed by atoms with Crippen LogP contribution in [-0.4, -0.2) is 20.4 Å². The fourth-order valence-corrected chi connectivity index (χ4v) is 5.26. The zero-order chi connectivity index (χ0) is 23.2. The molecule has 0 spiro atoms. The van der Waals surface area contributed by atoms with Crippen LogP contribution in [0.25, 0.3) is 33.5 Å². The van der Waals surface area contributed by atoms with E-state index in [0.717, 1.165) is 16.5 Å². The Morgan fingerprint density at radius 1 is 1.03 bits per heavy atom. The summed E-state index contributed by atoms with van der Waals surface area (Å²) in [6, 6.07) is 19.7. The minimum Gasteiger partial charge on any atom is -0.453 e. The molecule has 0 bridgehead atoms. The zero-order valence-corrected chi connectivity index (χ0v) is 19.4. The summed E-state index contributed by atoms with van der Waals surface area (Å²) in [7, 11) is 0. The van der Waals surface area contributed by atoms with Gasteiger partial charge in [0, 0.05) is 28.4 Å². The van der Waals surface area contributed by atoms with Gasteiger partial charge in [0.1, 0.15) is 5.58 Å². The number of aryl methyl sites for hydroxylation is 1. The van der Waals surface area contributed by atoms with Crippen molar-refractivity contribution >= 4 is 28.1 Å². The summed E-state index contributed by atoms with van der Waals surface area (Å²) < 4.78 is 9.85. The normalized spacial score (nSPS) is 14.8. The molecule has 3 heterocycles. The van der Waals surface area contributed by atoms with Crippen molar-refractivity contribution in [1.29, 1.82) is 0 Å². The average Bonchev–Trinajstić information content (AvgIpc) is 3.57. The van der Waals surface area contributed by atoms with Crippen LogP contribution in [0.5, 0.6) is 0 Å². The van der Waals surface area contributed by atoms with Gasteiger partial charge in [-0.25, -0.2) is 4.98 Å². The molecule has 6 heteroatoms. The molecule has 170 valence electrons. The van der Waals surface area contributed by atoms with Crippen molar-refractivity contribution in [2.45, 2.75) is 45.6 Å². The van der Waals surface area contributed by atoms with E-state index in [1.807, 2.05) is 48.5 Å². The predicted molar refractivity (Wildman–Crippen MR) is 136 cm³/mol. The molecule has 6 rings (SSSR count). The van der Waals surface area contributed by atoms with Gasteiger partial charge in [-0.3, -0.25) is 4.79 Å². The Morgan fingerprint density at radius 2 is 1.79 bits per heavy atom. The third-order valence-electron chi connectivity index (χ3n) is 6.93. The summed E-state index contributed by atoms with van der Waals surface area (Å²) in [5, 5.41) is 6.14. The molecule has 1 fully saturated rings. The lowest BCUT2D eigenvalue weighted by Crippen LogP contribution is -2.20. The van der Waals surface area contributed by atoms with Gasteiger partial charge < -0.3 is 8.98 Å². The lowest BCUT2D eigenvalue weighted by molar-refractivity contribution is 0.500. The molecular formula is C28H26N4O2. The molecule has 0 atom stereocenters. The van der Waals surface area contributed by atoms with E-state index in [1.165, 1.54) is 41.7 Å². The molecule has 6 nitrogen and oxygen atoms in total. The van der Waals surface area contributed by atoms with Gasteiger partial charge in [0.25, 0.3) is 5.56 Å². The molecule has 34 heavy (non-hydrogen) atoms. The Kier molecular flexibility index (Phi) is 4.94. The SMILES string of the molecule is Cc1cc(C=Nn2c(-c3cc4ccccc4o3)nc3ccccc3c2=O)c(C)n1C1CCCC1. The van der Waals surface area contributed by atoms with Crippen LogP contribution in [0.15, 0.2) is 75.0 Å². The fourth-order valence-electron chi connectivity index (χ4n) is 5.26. The highest BCUT2D eigenvalue weighted by atomic mass is 16.3. The van der Waals surface area contributed by atoms with E-state index in [9.17, 15) is 4.79 Å². The number of rotatable bonds is 4. The topological polar surface area (TPSA) is 65.3 Å². The summed E-state index contributed by atoms with van der Waals surface area (Å²) in [5.74, 6) is 0.901. The summed E-state index contributed by atoms with van der Waals surface area (Å²) in [4.78, 5) is 18.3. The van der Waals surface area contributed by atoms with Gasteiger partial charge in [0.15, 0.2) is 5.76 Å². The second-order valence-corrected chi connectivity index (χ2v) is 9.10. The van der Waals surface area contributed by atoms with Crippen LogP contribution in [0.1, 0.15) is 48.7 Å². The Hall–Kier alpha value is -3.93. The van der Waals surface area contributed by atoms with Gasteiger partial charge in [0.05, 0.1) is 17.1 Å². The first-order chi connectivity index (χ1) is 16.6. The Morgan fingerprint density at radius 3 is 2.62 bits per heavy atom. The van der Waals surface area contributed by atoms with Crippen molar-refractivity contribution in [1.82, 2.24) is 14.2 Å². The number of furan rings is 1. The van der Waals surface area contributed by atoms with Crippen LogP contribution in [0.3, 0.4) is 0 Å². The van der Waals surface area contributed by atoms with Gasteiger partial charge in [0.2, 0.25) is 5.82 Å². The van der Waals surface area contributed by atoms with E-state index in [4.69, 9.17) is 9.40 Å². The largest absolute Gasteiger partial charge is 0.453 e. The van der Waals surface area contributed by atoms with Gasteiger partial charge in [-0.05, 0) is 57.0 Å². The fraction of sp³-hybridized carbons (Fsp3) is 0.250. The van der Waals surface area contributed by atoms with Crippen LogP contribution in [0.2, 0.25) is 0 Å². The van der Waals surface area contributed by atoms with Gasteiger partial charge >= 0.3 is 0 Å². The summed E-state index contributed by atoms with van der Waals surface area (Å²) in [6.07, 6.45) is 6.78. The number of nitrogens with zero attached hydrogens (tertiary/aromatic N) is 4. The van der Waals surface area contributed by atoms with Crippen LogP contribution < -0.4 is 5.56 Å². The molecule has 0 aliphatic heterocycles. The third kappa shape index (κ3) is 3.37.